The second-order valence-electron chi connectivity index (χ2n) is 7.83. The molecule has 0 unspecified atom stereocenters. The van der Waals surface area contributed by atoms with Crippen LogP contribution in [0, 0.1) is 6.92 Å². The fourth-order valence-electron chi connectivity index (χ4n) is 3.98. The number of para-hydroxylation sites is 1. The lowest BCUT2D eigenvalue weighted by atomic mass is 10.1. The third-order valence-electron chi connectivity index (χ3n) is 5.67. The van der Waals surface area contributed by atoms with Crippen molar-refractivity contribution in [3.63, 3.8) is 0 Å². The van der Waals surface area contributed by atoms with E-state index in [1.807, 2.05) is 66.4 Å². The van der Waals surface area contributed by atoms with Crippen LogP contribution in [0.4, 0.5) is 0 Å². The fourth-order valence-corrected chi connectivity index (χ4v) is 3.98. The molecule has 7 heteroatoms. The number of H-pyrrole nitrogens is 1. The van der Waals surface area contributed by atoms with Crippen molar-refractivity contribution in [1.29, 1.82) is 0 Å². The Morgan fingerprint density at radius 3 is 2.35 bits per heavy atom. The summed E-state index contributed by atoms with van der Waals surface area (Å²) in [6.45, 7) is 4.57. The van der Waals surface area contributed by atoms with Gasteiger partial charge in [0.1, 0.15) is 0 Å². The van der Waals surface area contributed by atoms with Gasteiger partial charge >= 0.3 is 0 Å². The highest BCUT2D eigenvalue weighted by Crippen LogP contribution is 2.23. The summed E-state index contributed by atoms with van der Waals surface area (Å²) in [6, 6.07) is 17.3. The van der Waals surface area contributed by atoms with Crippen LogP contribution in [0.15, 0.2) is 54.6 Å². The number of benzene rings is 2. The van der Waals surface area contributed by atoms with Crippen LogP contribution in [0.3, 0.4) is 0 Å². The van der Waals surface area contributed by atoms with Gasteiger partial charge in [0.05, 0.1) is 12.1 Å². The van der Waals surface area contributed by atoms with E-state index in [1.165, 1.54) is 0 Å². The lowest BCUT2D eigenvalue weighted by Crippen LogP contribution is -2.52. The van der Waals surface area contributed by atoms with Crippen LogP contribution in [-0.4, -0.2) is 65.1 Å². The molecule has 2 N–H and O–H groups in total. The largest absolute Gasteiger partial charge is 0.358 e. The van der Waals surface area contributed by atoms with Gasteiger partial charge in [-0.05, 0) is 18.6 Å². The molecule has 0 bridgehead atoms. The minimum absolute atomic E-state index is 0.0471. The molecule has 1 fully saturated rings. The maximum absolute atomic E-state index is 12.9. The Balaban J connectivity index is 1.30. The average Bonchev–Trinajstić information content (AvgIpc) is 3.13. The third-order valence-corrected chi connectivity index (χ3v) is 5.67. The molecule has 1 aliphatic heterocycles. The standard InChI is InChI=1S/C24H26N4O3/c1-17-22(19-9-5-6-10-20(19)26-17)23(30)24(31)28-13-11-27(12-14-28)16-21(29)25-15-18-7-3-2-4-8-18/h2-10,26H,11-16H2,1H3,(H,25,29). The Morgan fingerprint density at radius 1 is 0.935 bits per heavy atom. The molecule has 0 atom stereocenters. The number of nitrogens with one attached hydrogen (secondary N) is 2. The summed E-state index contributed by atoms with van der Waals surface area (Å²) in [6.07, 6.45) is 0. The number of aryl methyl sites for hydroxylation is 1. The van der Waals surface area contributed by atoms with Crippen molar-refractivity contribution in [2.24, 2.45) is 0 Å². The molecular formula is C24H26N4O3. The van der Waals surface area contributed by atoms with E-state index in [-0.39, 0.29) is 12.5 Å². The van der Waals surface area contributed by atoms with E-state index < -0.39 is 11.7 Å². The SMILES string of the molecule is Cc1[nH]c2ccccc2c1C(=O)C(=O)N1CCN(CC(=O)NCc2ccccc2)CC1. The summed E-state index contributed by atoms with van der Waals surface area (Å²) in [5.74, 6) is -1.01. The molecule has 1 aromatic heterocycles. The number of aromatic nitrogens is 1. The molecule has 0 radical (unpaired) electrons. The number of carbonyl (C=O) groups is 3. The molecule has 1 aliphatic rings. The first-order valence-electron chi connectivity index (χ1n) is 10.5. The first-order valence-corrected chi connectivity index (χ1v) is 10.5. The second kappa shape index (κ2) is 9.14. The Morgan fingerprint density at radius 2 is 1.61 bits per heavy atom. The summed E-state index contributed by atoms with van der Waals surface area (Å²) < 4.78 is 0. The van der Waals surface area contributed by atoms with E-state index in [0.29, 0.717) is 44.0 Å². The molecule has 1 saturated heterocycles. The molecule has 0 spiro atoms. The van der Waals surface area contributed by atoms with Crippen molar-refractivity contribution < 1.29 is 14.4 Å². The number of amides is 2. The van der Waals surface area contributed by atoms with E-state index >= 15 is 0 Å². The van der Waals surface area contributed by atoms with Crippen LogP contribution in [0.2, 0.25) is 0 Å². The molecule has 7 nitrogen and oxygen atoms in total. The number of fused-ring (bicyclic) bond motifs is 1. The van der Waals surface area contributed by atoms with Gasteiger partial charge in [-0.25, -0.2) is 0 Å². The third kappa shape index (κ3) is 4.67. The Hall–Kier alpha value is -3.45. The van der Waals surface area contributed by atoms with Crippen LogP contribution >= 0.6 is 0 Å². The molecule has 3 aromatic rings. The molecule has 2 aromatic carbocycles. The highest BCUT2D eigenvalue weighted by atomic mass is 16.2. The number of carbonyl (C=O) groups excluding carboxylic acids is 3. The Kier molecular flexibility index (Phi) is 6.13. The van der Waals surface area contributed by atoms with Crippen molar-refractivity contribution in [3.8, 4) is 0 Å². The quantitative estimate of drug-likeness (QED) is 0.474. The second-order valence-corrected chi connectivity index (χ2v) is 7.83. The number of rotatable bonds is 6. The number of piperazine rings is 1. The van der Waals surface area contributed by atoms with E-state index in [0.717, 1.165) is 16.5 Å². The first-order chi connectivity index (χ1) is 15.0. The molecule has 0 saturated carbocycles. The van der Waals surface area contributed by atoms with Gasteiger partial charge in [-0.1, -0.05) is 48.5 Å². The Bertz CT molecular complexity index is 1100. The van der Waals surface area contributed by atoms with Crippen LogP contribution in [-0.2, 0) is 16.1 Å². The molecule has 0 aliphatic carbocycles. The number of nitrogens with zero attached hydrogens (tertiary/aromatic N) is 2. The zero-order valence-electron chi connectivity index (χ0n) is 17.6. The number of hydrogen-bond acceptors (Lipinski definition) is 4. The van der Waals surface area contributed by atoms with E-state index in [2.05, 4.69) is 10.3 Å². The summed E-state index contributed by atoms with van der Waals surface area (Å²) in [5, 5.41) is 3.69. The van der Waals surface area contributed by atoms with Gasteiger partial charge < -0.3 is 15.2 Å². The summed E-state index contributed by atoms with van der Waals surface area (Å²) in [7, 11) is 0. The Labute approximate surface area is 181 Å². The maximum Gasteiger partial charge on any atom is 0.295 e. The number of hydrogen-bond donors (Lipinski definition) is 2. The van der Waals surface area contributed by atoms with Gasteiger partial charge in [-0.15, -0.1) is 0 Å². The molecule has 160 valence electrons. The van der Waals surface area contributed by atoms with E-state index in [4.69, 9.17) is 0 Å². The summed E-state index contributed by atoms with van der Waals surface area (Å²) in [5.41, 5.74) is 3.05. The highest BCUT2D eigenvalue weighted by Gasteiger charge is 2.29. The van der Waals surface area contributed by atoms with Gasteiger partial charge in [-0.2, -0.15) is 0 Å². The lowest BCUT2D eigenvalue weighted by molar-refractivity contribution is -0.128. The maximum atomic E-state index is 12.9. The van der Waals surface area contributed by atoms with Crippen LogP contribution in [0.25, 0.3) is 10.9 Å². The van der Waals surface area contributed by atoms with Crippen LogP contribution < -0.4 is 5.32 Å². The number of Topliss-reactive ketones (excluding diaryl/α,β-unsaturated/α-hetero) is 1. The van der Waals surface area contributed by atoms with Crippen LogP contribution in [0.1, 0.15) is 21.6 Å². The van der Waals surface area contributed by atoms with Crippen molar-refractivity contribution in [2.45, 2.75) is 13.5 Å². The topological polar surface area (TPSA) is 85.5 Å². The normalized spacial score (nSPS) is 14.5. The lowest BCUT2D eigenvalue weighted by Gasteiger charge is -2.33. The van der Waals surface area contributed by atoms with Gasteiger partial charge in [0, 0.05) is 49.3 Å². The minimum atomic E-state index is -0.485. The van der Waals surface area contributed by atoms with Gasteiger partial charge in [-0.3, -0.25) is 19.3 Å². The fraction of sp³-hybridized carbons (Fsp3) is 0.292. The molecule has 4 rings (SSSR count). The predicted molar refractivity (Wildman–Crippen MR) is 119 cm³/mol. The zero-order valence-corrected chi connectivity index (χ0v) is 17.6. The molecule has 2 heterocycles. The van der Waals surface area contributed by atoms with Crippen molar-refractivity contribution >= 4 is 28.5 Å². The van der Waals surface area contributed by atoms with E-state index in [9.17, 15) is 14.4 Å². The number of aromatic amines is 1. The van der Waals surface area contributed by atoms with Gasteiger partial charge in [0.25, 0.3) is 11.7 Å². The van der Waals surface area contributed by atoms with Crippen molar-refractivity contribution in [3.05, 3.63) is 71.4 Å². The minimum Gasteiger partial charge on any atom is -0.358 e. The van der Waals surface area contributed by atoms with Crippen LogP contribution in [0.5, 0.6) is 0 Å². The van der Waals surface area contributed by atoms with Crippen molar-refractivity contribution in [1.82, 2.24) is 20.1 Å². The average molecular weight is 418 g/mol. The van der Waals surface area contributed by atoms with Crippen molar-refractivity contribution in [2.75, 3.05) is 32.7 Å². The zero-order chi connectivity index (χ0) is 21.8. The molecular weight excluding hydrogens is 392 g/mol. The molecule has 31 heavy (non-hydrogen) atoms. The summed E-state index contributed by atoms with van der Waals surface area (Å²) >= 11 is 0. The highest BCUT2D eigenvalue weighted by molar-refractivity contribution is 6.45. The summed E-state index contributed by atoms with van der Waals surface area (Å²) in [4.78, 5) is 44.8. The van der Waals surface area contributed by atoms with Gasteiger partial charge in [0.2, 0.25) is 5.91 Å². The number of ketones is 1. The smallest absolute Gasteiger partial charge is 0.295 e. The van der Waals surface area contributed by atoms with Gasteiger partial charge in [0.15, 0.2) is 0 Å². The van der Waals surface area contributed by atoms with E-state index in [1.54, 1.807) is 4.90 Å². The molecule has 2 amide bonds. The first kappa shape index (κ1) is 20.8. The predicted octanol–water partition coefficient (Wildman–Crippen LogP) is 2.12. The monoisotopic (exact) mass is 418 g/mol.